The molecule has 0 heterocycles. The van der Waals surface area contributed by atoms with Crippen molar-refractivity contribution in [3.63, 3.8) is 0 Å². The third kappa shape index (κ3) is 5.45. The second-order valence-corrected chi connectivity index (χ2v) is 9.22. The number of nitrogen functional groups attached to an aromatic ring is 1. The lowest BCUT2D eigenvalue weighted by atomic mass is 10.0. The molecule has 0 fully saturated rings. The first-order valence-electron chi connectivity index (χ1n) is 11.6. The molecule has 4 rings (SSSR count). The summed E-state index contributed by atoms with van der Waals surface area (Å²) in [6, 6.07) is 12.1. The number of benzene rings is 4. The van der Waals surface area contributed by atoms with Crippen LogP contribution in [-0.2, 0) is 0 Å². The lowest BCUT2D eigenvalue weighted by molar-refractivity contribution is 0.101. The van der Waals surface area contributed by atoms with Gasteiger partial charge in [0.05, 0.1) is 61.1 Å². The van der Waals surface area contributed by atoms with Crippen LogP contribution in [0.4, 0.5) is 17.1 Å². The van der Waals surface area contributed by atoms with Crippen LogP contribution in [0.5, 0.6) is 28.7 Å². The average Bonchev–Trinajstić information content (AvgIpc) is 2.95. The number of carbonyl (C=O) groups is 2. The molecule has 0 saturated heterocycles. The van der Waals surface area contributed by atoms with Gasteiger partial charge in [0.2, 0.25) is 0 Å². The second kappa shape index (κ2) is 11.7. The number of rotatable bonds is 8. The lowest BCUT2D eigenvalue weighted by Gasteiger charge is -2.15. The van der Waals surface area contributed by atoms with Crippen LogP contribution in [0.3, 0.4) is 0 Å². The van der Waals surface area contributed by atoms with Crippen LogP contribution >= 0.6 is 23.2 Å². The number of amides is 2. The highest BCUT2D eigenvalue weighted by atomic mass is 35.5. The number of anilines is 3. The smallest absolute Gasteiger partial charge is 0.259 e. The number of phenolic OH excluding ortho intramolecular Hbond substituents is 1. The highest BCUT2D eigenvalue weighted by molar-refractivity contribution is 6.32. The van der Waals surface area contributed by atoms with Gasteiger partial charge in [-0.1, -0.05) is 29.3 Å². The van der Waals surface area contributed by atoms with Gasteiger partial charge in [-0.05, 0) is 23.6 Å². The first kappa shape index (κ1) is 28.5. The van der Waals surface area contributed by atoms with E-state index in [0.717, 1.165) is 0 Å². The number of halogens is 2. The summed E-state index contributed by atoms with van der Waals surface area (Å²) in [7, 11) is 5.75. The number of hydrogen-bond donors (Lipinski definition) is 4. The van der Waals surface area contributed by atoms with Crippen molar-refractivity contribution in [2.45, 2.75) is 0 Å². The van der Waals surface area contributed by atoms with Gasteiger partial charge in [-0.15, -0.1) is 0 Å². The van der Waals surface area contributed by atoms with Crippen molar-refractivity contribution >= 4 is 62.9 Å². The van der Waals surface area contributed by atoms with Gasteiger partial charge in [0.1, 0.15) is 23.0 Å². The number of carbonyl (C=O) groups excluding carboxylic acids is 2. The zero-order valence-electron chi connectivity index (χ0n) is 21.8. The summed E-state index contributed by atoms with van der Waals surface area (Å²) in [5.41, 5.74) is 6.87. The summed E-state index contributed by atoms with van der Waals surface area (Å²) >= 11 is 12.3. The number of nitrogens with one attached hydrogen (secondary N) is 2. The summed E-state index contributed by atoms with van der Waals surface area (Å²) in [6.07, 6.45) is 0. The Balaban J connectivity index is 1.69. The number of methoxy groups -OCH3 is 4. The largest absolute Gasteiger partial charge is 0.505 e. The fraction of sp³-hybridized carbons (Fsp3) is 0.143. The highest BCUT2D eigenvalue weighted by Crippen LogP contribution is 2.39. The number of fused-ring (bicyclic) bond motifs is 1. The number of nitrogens with two attached hydrogens (primary N) is 1. The van der Waals surface area contributed by atoms with Gasteiger partial charge in [-0.2, -0.15) is 0 Å². The SMILES string of the molecule is COc1cc(NC(=O)c2ccc3c(N)c(O)c(C(=O)Nc4cc(OC)c(Cl)cc4OC)cc3c2)c(OC)cc1Cl. The molecule has 0 spiro atoms. The summed E-state index contributed by atoms with van der Waals surface area (Å²) in [4.78, 5) is 26.4. The molecule has 0 atom stereocenters. The topological polar surface area (TPSA) is 141 Å². The quantitative estimate of drug-likeness (QED) is 0.146. The van der Waals surface area contributed by atoms with E-state index >= 15 is 0 Å². The van der Waals surface area contributed by atoms with Crippen molar-refractivity contribution in [3.05, 3.63) is 69.7 Å². The van der Waals surface area contributed by atoms with Gasteiger partial charge < -0.3 is 40.4 Å². The van der Waals surface area contributed by atoms with E-state index in [1.165, 1.54) is 58.8 Å². The van der Waals surface area contributed by atoms with E-state index < -0.39 is 17.6 Å². The van der Waals surface area contributed by atoms with Crippen molar-refractivity contribution in [2.75, 3.05) is 44.8 Å². The Morgan fingerprint density at radius 3 is 1.73 bits per heavy atom. The van der Waals surface area contributed by atoms with Gasteiger partial charge in [0.15, 0.2) is 5.75 Å². The minimum atomic E-state index is -0.679. The molecule has 208 valence electrons. The fourth-order valence-electron chi connectivity index (χ4n) is 4.04. The zero-order valence-corrected chi connectivity index (χ0v) is 23.4. The maximum absolute atomic E-state index is 13.2. The molecular weight excluding hydrogens is 561 g/mol. The lowest BCUT2D eigenvalue weighted by Crippen LogP contribution is -2.14. The number of hydrogen-bond acceptors (Lipinski definition) is 8. The van der Waals surface area contributed by atoms with Crippen LogP contribution in [0, 0.1) is 0 Å². The molecule has 0 bridgehead atoms. The van der Waals surface area contributed by atoms with Crippen LogP contribution in [0.25, 0.3) is 10.8 Å². The molecule has 40 heavy (non-hydrogen) atoms. The Morgan fingerprint density at radius 2 is 1.23 bits per heavy atom. The third-order valence-corrected chi connectivity index (χ3v) is 6.69. The van der Waals surface area contributed by atoms with Gasteiger partial charge in [-0.3, -0.25) is 9.59 Å². The van der Waals surface area contributed by atoms with E-state index in [2.05, 4.69) is 10.6 Å². The highest BCUT2D eigenvalue weighted by Gasteiger charge is 2.21. The number of ether oxygens (including phenoxy) is 4. The van der Waals surface area contributed by atoms with E-state index in [1.54, 1.807) is 18.2 Å². The first-order chi connectivity index (χ1) is 19.1. The van der Waals surface area contributed by atoms with Crippen molar-refractivity contribution in [2.24, 2.45) is 0 Å². The van der Waals surface area contributed by atoms with Gasteiger partial charge in [-0.25, -0.2) is 0 Å². The molecule has 5 N–H and O–H groups in total. The molecular formula is C28H25Cl2N3O7. The molecule has 0 radical (unpaired) electrons. The van der Waals surface area contributed by atoms with E-state index in [4.69, 9.17) is 47.9 Å². The van der Waals surface area contributed by atoms with Gasteiger partial charge in [0, 0.05) is 35.2 Å². The Bertz CT molecular complexity index is 1640. The molecule has 4 aromatic carbocycles. The molecule has 0 aliphatic rings. The third-order valence-electron chi connectivity index (χ3n) is 6.10. The Labute approximate surface area is 239 Å². The number of phenols is 1. The molecule has 0 aromatic heterocycles. The molecule has 0 unspecified atom stereocenters. The monoisotopic (exact) mass is 585 g/mol. The summed E-state index contributed by atoms with van der Waals surface area (Å²) in [5.74, 6) is -0.291. The average molecular weight is 586 g/mol. The maximum atomic E-state index is 13.2. The van der Waals surface area contributed by atoms with Crippen LogP contribution in [0.2, 0.25) is 10.0 Å². The van der Waals surface area contributed by atoms with Crippen LogP contribution in [0.15, 0.2) is 48.5 Å². The minimum absolute atomic E-state index is 0.0284. The molecule has 10 nitrogen and oxygen atoms in total. The molecule has 0 aliphatic heterocycles. The summed E-state index contributed by atoms with van der Waals surface area (Å²) < 4.78 is 21.1. The zero-order chi connectivity index (χ0) is 29.1. The van der Waals surface area contributed by atoms with E-state index in [1.807, 2.05) is 0 Å². The molecule has 0 aliphatic carbocycles. The fourth-order valence-corrected chi connectivity index (χ4v) is 4.50. The van der Waals surface area contributed by atoms with Crippen molar-refractivity contribution in [1.29, 1.82) is 0 Å². The molecule has 2 amide bonds. The Morgan fingerprint density at radius 1 is 0.725 bits per heavy atom. The minimum Gasteiger partial charge on any atom is -0.505 e. The van der Waals surface area contributed by atoms with Crippen LogP contribution in [0.1, 0.15) is 20.7 Å². The Kier molecular flexibility index (Phi) is 8.32. The first-order valence-corrected chi connectivity index (χ1v) is 12.4. The van der Waals surface area contributed by atoms with E-state index in [-0.39, 0.29) is 33.3 Å². The maximum Gasteiger partial charge on any atom is 0.259 e. The molecule has 12 heteroatoms. The van der Waals surface area contributed by atoms with Crippen LogP contribution < -0.4 is 35.3 Å². The summed E-state index contributed by atoms with van der Waals surface area (Å²) in [5, 5.41) is 17.7. The predicted octanol–water partition coefficient (Wildman–Crippen LogP) is 5.97. The normalized spacial score (nSPS) is 10.7. The van der Waals surface area contributed by atoms with Crippen LogP contribution in [-0.4, -0.2) is 45.4 Å². The second-order valence-electron chi connectivity index (χ2n) is 8.40. The molecule has 4 aromatic rings. The van der Waals surface area contributed by atoms with Crippen molar-refractivity contribution in [3.8, 4) is 28.7 Å². The predicted molar refractivity (Wildman–Crippen MR) is 155 cm³/mol. The van der Waals surface area contributed by atoms with Crippen molar-refractivity contribution < 1.29 is 33.6 Å². The van der Waals surface area contributed by atoms with Gasteiger partial charge >= 0.3 is 0 Å². The van der Waals surface area contributed by atoms with Crippen molar-refractivity contribution in [1.82, 2.24) is 0 Å². The van der Waals surface area contributed by atoms with E-state index in [0.29, 0.717) is 38.7 Å². The number of aromatic hydroxyl groups is 1. The molecule has 0 saturated carbocycles. The van der Waals surface area contributed by atoms with E-state index in [9.17, 15) is 14.7 Å². The van der Waals surface area contributed by atoms with Gasteiger partial charge in [0.25, 0.3) is 11.8 Å². The Hall–Kier alpha value is -4.54. The standard InChI is InChI=1S/C28H25Cl2N3O7/c1-37-21-11-19(23(39-3)9-17(21)29)32-27(35)13-5-6-15-14(7-13)8-16(26(34)25(15)31)28(36)33-20-12-22(38-2)18(30)10-24(20)40-4/h5-12,34H,31H2,1-4H3,(H,32,35)(H,33,36). The summed E-state index contributed by atoms with van der Waals surface area (Å²) in [6.45, 7) is 0.